The van der Waals surface area contributed by atoms with Crippen LogP contribution >= 0.6 is 11.8 Å². The zero-order chi connectivity index (χ0) is 15.2. The van der Waals surface area contributed by atoms with Gasteiger partial charge in [0, 0.05) is 29.2 Å². The first-order chi connectivity index (χ1) is 10.1. The molecule has 1 aromatic heterocycles. The van der Waals surface area contributed by atoms with Crippen LogP contribution in [0.15, 0.2) is 28.8 Å². The number of non-ortho nitro benzene ring substituents is 1. The van der Waals surface area contributed by atoms with Crippen molar-refractivity contribution in [3.05, 3.63) is 51.4 Å². The van der Waals surface area contributed by atoms with E-state index in [1.54, 1.807) is 23.9 Å². The van der Waals surface area contributed by atoms with E-state index in [1.165, 1.54) is 12.1 Å². The number of nitrogens with zero attached hydrogens (tertiary/aromatic N) is 2. The molecule has 21 heavy (non-hydrogen) atoms. The number of hydrogen-bond donors (Lipinski definition) is 0. The number of thioether (sulfide) groups is 1. The topological polar surface area (TPSA) is 78.4 Å². The van der Waals surface area contributed by atoms with Crippen molar-refractivity contribution in [2.75, 3.05) is 12.4 Å². The Morgan fingerprint density at radius 1 is 1.33 bits per heavy atom. The van der Waals surface area contributed by atoms with Crippen LogP contribution in [0.4, 0.5) is 5.69 Å². The van der Waals surface area contributed by atoms with Gasteiger partial charge in [-0.25, -0.2) is 0 Å². The molecule has 0 atom stereocenters. The molecule has 2 aromatic rings. The molecule has 0 aliphatic heterocycles. The standard InChI is InChI=1S/C14H16N2O4S/c1-10-14(11(2)20-15-10)9-21-8-7-19-13-5-3-12(4-6-13)16(17)18/h3-6H,7-9H2,1-2H3. The lowest BCUT2D eigenvalue weighted by Crippen LogP contribution is -2.01. The highest BCUT2D eigenvalue weighted by Gasteiger charge is 2.08. The molecular weight excluding hydrogens is 292 g/mol. The summed E-state index contributed by atoms with van der Waals surface area (Å²) >= 11 is 1.73. The summed E-state index contributed by atoms with van der Waals surface area (Å²) in [4.78, 5) is 10.1. The lowest BCUT2D eigenvalue weighted by atomic mass is 10.2. The summed E-state index contributed by atoms with van der Waals surface area (Å²) in [6.45, 7) is 4.38. The van der Waals surface area contributed by atoms with E-state index in [4.69, 9.17) is 9.26 Å². The summed E-state index contributed by atoms with van der Waals surface area (Å²) in [6.07, 6.45) is 0. The number of aryl methyl sites for hydroxylation is 2. The molecule has 0 N–H and O–H groups in total. The SMILES string of the molecule is Cc1noc(C)c1CSCCOc1ccc([N+](=O)[O-])cc1. The molecule has 6 nitrogen and oxygen atoms in total. The van der Waals surface area contributed by atoms with Crippen molar-refractivity contribution >= 4 is 17.4 Å². The van der Waals surface area contributed by atoms with Crippen LogP contribution in [0.1, 0.15) is 17.0 Å². The van der Waals surface area contributed by atoms with Crippen LogP contribution in [0.25, 0.3) is 0 Å². The Hall–Kier alpha value is -2.02. The van der Waals surface area contributed by atoms with Gasteiger partial charge in [0.2, 0.25) is 0 Å². The lowest BCUT2D eigenvalue weighted by molar-refractivity contribution is -0.384. The highest BCUT2D eigenvalue weighted by Crippen LogP contribution is 2.20. The second-order valence-corrected chi connectivity index (χ2v) is 5.56. The van der Waals surface area contributed by atoms with Crippen LogP contribution in [-0.2, 0) is 5.75 Å². The first kappa shape index (κ1) is 15.4. The molecule has 0 saturated heterocycles. The average molecular weight is 308 g/mol. The van der Waals surface area contributed by atoms with Gasteiger partial charge in [0.1, 0.15) is 11.5 Å². The maximum absolute atomic E-state index is 10.5. The van der Waals surface area contributed by atoms with Gasteiger partial charge in [-0.15, -0.1) is 0 Å². The Morgan fingerprint density at radius 3 is 2.62 bits per heavy atom. The molecule has 1 heterocycles. The average Bonchev–Trinajstić information content (AvgIpc) is 2.79. The van der Waals surface area contributed by atoms with Gasteiger partial charge < -0.3 is 9.26 Å². The van der Waals surface area contributed by atoms with Gasteiger partial charge in [0.05, 0.1) is 17.2 Å². The van der Waals surface area contributed by atoms with Crippen LogP contribution < -0.4 is 4.74 Å². The third-order valence-electron chi connectivity index (χ3n) is 2.97. The molecule has 0 spiro atoms. The molecule has 0 bridgehead atoms. The second kappa shape index (κ2) is 7.12. The molecule has 0 aliphatic rings. The van der Waals surface area contributed by atoms with Crippen LogP contribution in [0.3, 0.4) is 0 Å². The van der Waals surface area contributed by atoms with Gasteiger partial charge in [-0.3, -0.25) is 10.1 Å². The second-order valence-electron chi connectivity index (χ2n) is 4.45. The molecule has 112 valence electrons. The quantitative estimate of drug-likeness (QED) is 0.442. The fourth-order valence-electron chi connectivity index (χ4n) is 1.76. The highest BCUT2D eigenvalue weighted by molar-refractivity contribution is 7.98. The summed E-state index contributed by atoms with van der Waals surface area (Å²) in [5, 5.41) is 14.4. The Kier molecular flexibility index (Phi) is 5.21. The van der Waals surface area contributed by atoms with Gasteiger partial charge in [-0.1, -0.05) is 5.16 Å². The molecule has 2 rings (SSSR count). The van der Waals surface area contributed by atoms with E-state index >= 15 is 0 Å². The fourth-order valence-corrected chi connectivity index (χ4v) is 2.73. The van der Waals surface area contributed by atoms with Gasteiger partial charge in [0.25, 0.3) is 5.69 Å². The van der Waals surface area contributed by atoms with Crippen molar-refractivity contribution in [2.45, 2.75) is 19.6 Å². The number of benzene rings is 1. The summed E-state index contributed by atoms with van der Waals surface area (Å²) in [5.74, 6) is 3.15. The van der Waals surface area contributed by atoms with Crippen LogP contribution in [-0.4, -0.2) is 22.4 Å². The zero-order valence-corrected chi connectivity index (χ0v) is 12.7. The van der Waals surface area contributed by atoms with E-state index in [1.807, 2.05) is 13.8 Å². The summed E-state index contributed by atoms with van der Waals surface area (Å²) in [6, 6.07) is 6.09. The van der Waals surface area contributed by atoms with Crippen molar-refractivity contribution in [3.8, 4) is 5.75 Å². The third kappa shape index (κ3) is 4.22. The minimum absolute atomic E-state index is 0.0649. The van der Waals surface area contributed by atoms with E-state index in [-0.39, 0.29) is 5.69 Å². The Bertz CT molecular complexity index is 590. The molecule has 7 heteroatoms. The molecular formula is C14H16N2O4S. The maximum Gasteiger partial charge on any atom is 0.269 e. The van der Waals surface area contributed by atoms with Crippen molar-refractivity contribution in [1.82, 2.24) is 5.16 Å². The number of ether oxygens (including phenoxy) is 1. The summed E-state index contributed by atoms with van der Waals surface area (Å²) in [7, 11) is 0. The predicted octanol–water partition coefficient (Wildman–Crippen LogP) is 3.51. The van der Waals surface area contributed by atoms with Gasteiger partial charge >= 0.3 is 0 Å². The minimum Gasteiger partial charge on any atom is -0.493 e. The van der Waals surface area contributed by atoms with Crippen LogP contribution in [0.2, 0.25) is 0 Å². The minimum atomic E-state index is -0.427. The zero-order valence-electron chi connectivity index (χ0n) is 11.9. The number of hydrogen-bond acceptors (Lipinski definition) is 6. The van der Waals surface area contributed by atoms with Crippen LogP contribution in [0.5, 0.6) is 5.75 Å². The van der Waals surface area contributed by atoms with Crippen molar-refractivity contribution in [1.29, 1.82) is 0 Å². The van der Waals surface area contributed by atoms with E-state index in [9.17, 15) is 10.1 Å². The number of rotatable bonds is 7. The Balaban J connectivity index is 1.71. The third-order valence-corrected chi connectivity index (χ3v) is 3.92. The van der Waals surface area contributed by atoms with Crippen LogP contribution in [0, 0.1) is 24.0 Å². The molecule has 0 aliphatic carbocycles. The molecule has 0 amide bonds. The predicted molar refractivity (Wildman–Crippen MR) is 80.7 cm³/mol. The molecule has 0 radical (unpaired) electrons. The van der Waals surface area contributed by atoms with Crippen molar-refractivity contribution in [3.63, 3.8) is 0 Å². The monoisotopic (exact) mass is 308 g/mol. The summed E-state index contributed by atoms with van der Waals surface area (Å²) < 4.78 is 10.6. The van der Waals surface area contributed by atoms with Gasteiger partial charge in [0.15, 0.2) is 0 Å². The largest absolute Gasteiger partial charge is 0.493 e. The molecule has 0 saturated carbocycles. The van der Waals surface area contributed by atoms with E-state index in [2.05, 4.69) is 5.16 Å². The summed E-state index contributed by atoms with van der Waals surface area (Å²) in [5.41, 5.74) is 2.13. The Labute approximate surface area is 126 Å². The highest BCUT2D eigenvalue weighted by atomic mass is 32.2. The Morgan fingerprint density at radius 2 is 2.05 bits per heavy atom. The van der Waals surface area contributed by atoms with Crippen molar-refractivity contribution in [2.24, 2.45) is 0 Å². The molecule has 0 fully saturated rings. The first-order valence-electron chi connectivity index (χ1n) is 6.44. The van der Waals surface area contributed by atoms with E-state index in [0.717, 1.165) is 28.5 Å². The van der Waals surface area contributed by atoms with Crippen molar-refractivity contribution < 1.29 is 14.2 Å². The first-order valence-corrected chi connectivity index (χ1v) is 7.60. The number of nitro benzene ring substituents is 1. The van der Waals surface area contributed by atoms with Gasteiger partial charge in [-0.2, -0.15) is 11.8 Å². The van der Waals surface area contributed by atoms with Gasteiger partial charge in [-0.05, 0) is 26.0 Å². The normalized spacial score (nSPS) is 10.6. The molecule has 0 unspecified atom stereocenters. The fraction of sp³-hybridized carbons (Fsp3) is 0.357. The van der Waals surface area contributed by atoms with E-state index in [0.29, 0.717) is 12.4 Å². The number of aromatic nitrogens is 1. The maximum atomic E-state index is 10.5. The molecule has 1 aromatic carbocycles. The lowest BCUT2D eigenvalue weighted by Gasteiger charge is -2.05. The smallest absolute Gasteiger partial charge is 0.269 e. The number of nitro groups is 1. The van der Waals surface area contributed by atoms with E-state index < -0.39 is 4.92 Å².